The number of nitrogens with zero attached hydrogens (tertiary/aromatic N) is 4. The predicted octanol–water partition coefficient (Wildman–Crippen LogP) is 2.30. The van der Waals surface area contributed by atoms with Crippen LogP contribution in [-0.2, 0) is 11.3 Å². The molecule has 3 rings (SSSR count). The molecule has 0 aliphatic carbocycles. The Morgan fingerprint density at radius 1 is 1.14 bits per heavy atom. The summed E-state index contributed by atoms with van der Waals surface area (Å²) in [7, 11) is 0. The fraction of sp³-hybridized carbons (Fsp3) is 0.550. The number of hydrogen-bond acceptors (Lipinski definition) is 6. The lowest BCUT2D eigenvalue weighted by Crippen LogP contribution is -2.46. The molecule has 0 saturated carbocycles. The first kappa shape index (κ1) is 20.4. The molecule has 28 heavy (non-hydrogen) atoms. The number of amides is 1. The van der Waals surface area contributed by atoms with Crippen molar-refractivity contribution in [3.63, 3.8) is 0 Å². The molecule has 1 saturated heterocycles. The van der Waals surface area contributed by atoms with Crippen LogP contribution in [0.4, 0.5) is 4.39 Å². The van der Waals surface area contributed by atoms with Crippen LogP contribution in [0.15, 0.2) is 28.8 Å². The second-order valence-electron chi connectivity index (χ2n) is 8.22. The molecule has 0 bridgehead atoms. The van der Waals surface area contributed by atoms with Crippen molar-refractivity contribution in [3.05, 3.63) is 36.0 Å². The van der Waals surface area contributed by atoms with Crippen LogP contribution in [-0.4, -0.2) is 64.1 Å². The Balaban J connectivity index is 1.51. The molecule has 7 nitrogen and oxygen atoms in total. The van der Waals surface area contributed by atoms with Gasteiger partial charge < -0.3 is 9.84 Å². The van der Waals surface area contributed by atoms with Crippen molar-refractivity contribution >= 4 is 5.91 Å². The Hall–Kier alpha value is -2.32. The Morgan fingerprint density at radius 2 is 1.82 bits per heavy atom. The van der Waals surface area contributed by atoms with Gasteiger partial charge in [-0.2, -0.15) is 4.98 Å². The largest absolute Gasteiger partial charge is 0.350 e. The Kier molecular flexibility index (Phi) is 6.41. The lowest BCUT2D eigenvalue weighted by atomic mass is 10.1. The topological polar surface area (TPSA) is 74.5 Å². The van der Waals surface area contributed by atoms with Crippen LogP contribution in [0, 0.1) is 5.82 Å². The van der Waals surface area contributed by atoms with Gasteiger partial charge in [0.25, 0.3) is 0 Å². The summed E-state index contributed by atoms with van der Waals surface area (Å²) in [6.07, 6.45) is 0.974. The second kappa shape index (κ2) is 8.79. The highest BCUT2D eigenvalue weighted by Gasteiger charge is 2.21. The van der Waals surface area contributed by atoms with Gasteiger partial charge in [-0.25, -0.2) is 4.39 Å². The molecule has 2 aromatic rings. The van der Waals surface area contributed by atoms with Crippen molar-refractivity contribution in [2.45, 2.75) is 39.3 Å². The van der Waals surface area contributed by atoms with Crippen LogP contribution in [0.2, 0.25) is 0 Å². The van der Waals surface area contributed by atoms with Gasteiger partial charge in [-0.1, -0.05) is 5.16 Å². The van der Waals surface area contributed by atoms with Gasteiger partial charge in [0.1, 0.15) is 5.82 Å². The molecule has 0 unspecified atom stereocenters. The van der Waals surface area contributed by atoms with E-state index in [1.165, 1.54) is 12.1 Å². The fourth-order valence-corrected chi connectivity index (χ4v) is 3.23. The highest BCUT2D eigenvalue weighted by molar-refractivity contribution is 5.78. The Morgan fingerprint density at radius 3 is 2.54 bits per heavy atom. The summed E-state index contributed by atoms with van der Waals surface area (Å²) in [4.78, 5) is 21.0. The molecule has 1 fully saturated rings. The van der Waals surface area contributed by atoms with Crippen molar-refractivity contribution in [1.29, 1.82) is 0 Å². The number of hydrogen-bond donors (Lipinski definition) is 1. The summed E-state index contributed by atoms with van der Waals surface area (Å²) in [5, 5.41) is 7.00. The fourth-order valence-electron chi connectivity index (χ4n) is 3.23. The quantitative estimate of drug-likeness (QED) is 0.846. The average molecular weight is 389 g/mol. The molecule has 1 aromatic carbocycles. The highest BCUT2D eigenvalue weighted by atomic mass is 19.1. The number of rotatable bonds is 5. The zero-order valence-electron chi connectivity index (χ0n) is 16.7. The zero-order valence-corrected chi connectivity index (χ0v) is 16.7. The maximum Gasteiger partial charge on any atom is 0.241 e. The van der Waals surface area contributed by atoms with E-state index >= 15 is 0 Å². The predicted molar refractivity (Wildman–Crippen MR) is 104 cm³/mol. The van der Waals surface area contributed by atoms with Crippen LogP contribution in [0.1, 0.15) is 33.1 Å². The van der Waals surface area contributed by atoms with Gasteiger partial charge in [-0.05, 0) is 64.5 Å². The average Bonchev–Trinajstić information content (AvgIpc) is 2.95. The summed E-state index contributed by atoms with van der Waals surface area (Å²) in [5.41, 5.74) is 0.512. The van der Waals surface area contributed by atoms with Crippen LogP contribution < -0.4 is 5.32 Å². The molecular weight excluding hydrogens is 361 g/mol. The summed E-state index contributed by atoms with van der Waals surface area (Å²) >= 11 is 0. The summed E-state index contributed by atoms with van der Waals surface area (Å²) in [5.74, 6) is 0.767. The van der Waals surface area contributed by atoms with Crippen molar-refractivity contribution in [2.75, 3.05) is 32.7 Å². The molecule has 1 aliphatic rings. The zero-order chi connectivity index (χ0) is 20.1. The van der Waals surface area contributed by atoms with Crippen molar-refractivity contribution in [3.8, 4) is 11.4 Å². The molecule has 1 amide bonds. The van der Waals surface area contributed by atoms with Gasteiger partial charge in [-0.15, -0.1) is 0 Å². The van der Waals surface area contributed by atoms with Gasteiger partial charge in [0.2, 0.25) is 17.6 Å². The molecule has 1 aliphatic heterocycles. The first-order valence-electron chi connectivity index (χ1n) is 9.63. The van der Waals surface area contributed by atoms with Gasteiger partial charge in [0.05, 0.1) is 13.1 Å². The van der Waals surface area contributed by atoms with E-state index in [4.69, 9.17) is 4.52 Å². The molecule has 0 spiro atoms. The van der Waals surface area contributed by atoms with E-state index < -0.39 is 0 Å². The molecule has 1 N–H and O–H groups in total. The van der Waals surface area contributed by atoms with E-state index in [0.29, 0.717) is 24.8 Å². The third-order valence-electron chi connectivity index (χ3n) is 4.49. The summed E-state index contributed by atoms with van der Waals surface area (Å²) in [6.45, 7) is 10.4. The maximum absolute atomic E-state index is 13.0. The van der Waals surface area contributed by atoms with E-state index in [1.54, 1.807) is 12.1 Å². The van der Waals surface area contributed by atoms with E-state index in [2.05, 4.69) is 25.3 Å². The Bertz CT molecular complexity index is 785. The smallest absolute Gasteiger partial charge is 0.241 e. The van der Waals surface area contributed by atoms with E-state index in [-0.39, 0.29) is 17.3 Å². The van der Waals surface area contributed by atoms with Crippen LogP contribution in [0.5, 0.6) is 0 Å². The monoisotopic (exact) mass is 389 g/mol. The minimum absolute atomic E-state index is 0.0572. The molecule has 1 aromatic heterocycles. The first-order valence-corrected chi connectivity index (χ1v) is 9.63. The van der Waals surface area contributed by atoms with Gasteiger partial charge in [0.15, 0.2) is 0 Å². The van der Waals surface area contributed by atoms with Crippen molar-refractivity contribution in [2.24, 2.45) is 0 Å². The minimum Gasteiger partial charge on any atom is -0.350 e. The molecule has 152 valence electrons. The standard InChI is InChI=1S/C20H28FN5O2/c1-20(2,3)23-17(27)13-25-9-4-10-26(12-11-25)14-18-22-19(24-28-18)15-5-7-16(21)8-6-15/h5-8H,4,9-14H2,1-3H3,(H,23,27). The van der Waals surface area contributed by atoms with E-state index in [1.807, 2.05) is 20.8 Å². The normalized spacial score (nSPS) is 16.7. The lowest BCUT2D eigenvalue weighted by Gasteiger charge is -2.24. The summed E-state index contributed by atoms with van der Waals surface area (Å²) < 4.78 is 18.4. The molecule has 0 atom stereocenters. The third-order valence-corrected chi connectivity index (χ3v) is 4.49. The number of halogens is 1. The number of carbonyl (C=O) groups excluding carboxylic acids is 1. The number of benzene rings is 1. The van der Waals surface area contributed by atoms with Crippen LogP contribution in [0.25, 0.3) is 11.4 Å². The summed E-state index contributed by atoms with van der Waals surface area (Å²) in [6, 6.07) is 6.03. The third kappa shape index (κ3) is 6.10. The Labute approximate surface area is 164 Å². The van der Waals surface area contributed by atoms with E-state index in [9.17, 15) is 9.18 Å². The first-order chi connectivity index (χ1) is 13.3. The van der Waals surface area contributed by atoms with Crippen LogP contribution >= 0.6 is 0 Å². The second-order valence-corrected chi connectivity index (χ2v) is 8.22. The SMILES string of the molecule is CC(C)(C)NC(=O)CN1CCCN(Cc2nc(-c3ccc(F)cc3)no2)CC1. The lowest BCUT2D eigenvalue weighted by molar-refractivity contribution is -0.123. The van der Waals surface area contributed by atoms with Crippen LogP contribution in [0.3, 0.4) is 0 Å². The molecule has 0 radical (unpaired) electrons. The highest BCUT2D eigenvalue weighted by Crippen LogP contribution is 2.17. The molecule has 2 heterocycles. The maximum atomic E-state index is 13.0. The van der Waals surface area contributed by atoms with E-state index in [0.717, 1.165) is 38.2 Å². The number of nitrogens with one attached hydrogen (secondary N) is 1. The molecular formula is C20H28FN5O2. The van der Waals surface area contributed by atoms with Gasteiger partial charge in [0, 0.05) is 24.2 Å². The minimum atomic E-state index is -0.294. The van der Waals surface area contributed by atoms with Gasteiger partial charge >= 0.3 is 0 Å². The van der Waals surface area contributed by atoms with Gasteiger partial charge in [-0.3, -0.25) is 14.6 Å². The molecule has 8 heteroatoms. The van der Waals surface area contributed by atoms with Crippen molar-refractivity contribution < 1.29 is 13.7 Å². The van der Waals surface area contributed by atoms with Crippen molar-refractivity contribution in [1.82, 2.24) is 25.3 Å². The number of carbonyl (C=O) groups is 1. The number of aromatic nitrogens is 2.